The summed E-state index contributed by atoms with van der Waals surface area (Å²) in [6, 6.07) is 0. The van der Waals surface area contributed by atoms with Crippen LogP contribution in [0, 0.1) is 12.3 Å². The van der Waals surface area contributed by atoms with E-state index in [1.165, 1.54) is 0 Å². The average Bonchev–Trinajstić information content (AvgIpc) is 2.38. The van der Waals surface area contributed by atoms with Crippen molar-refractivity contribution in [2.75, 3.05) is 6.54 Å². The van der Waals surface area contributed by atoms with Crippen LogP contribution in [0.25, 0.3) is 0 Å². The van der Waals surface area contributed by atoms with Crippen LogP contribution in [-0.4, -0.2) is 36.0 Å². The van der Waals surface area contributed by atoms with Gasteiger partial charge in [-0.1, -0.05) is 6.08 Å². The van der Waals surface area contributed by atoms with Crippen molar-refractivity contribution in [2.45, 2.75) is 18.4 Å². The largest absolute Gasteiger partial charge is 0.290 e. The smallest absolute Gasteiger partial charge is 0.133 e. The summed E-state index contributed by atoms with van der Waals surface area (Å²) in [6.07, 6.45) is 15.9. The first-order chi connectivity index (χ1) is 7.87. The molecule has 0 amide bonds. The Balaban J connectivity index is 2.17. The van der Waals surface area contributed by atoms with Gasteiger partial charge in [-0.25, -0.2) is 0 Å². The topological polar surface area (TPSA) is 52.4 Å². The Bertz CT molecular complexity index is 401. The van der Waals surface area contributed by atoms with E-state index >= 15 is 0 Å². The fourth-order valence-corrected chi connectivity index (χ4v) is 1.75. The van der Waals surface area contributed by atoms with Crippen LogP contribution < -0.4 is 5.43 Å². The fourth-order valence-electron chi connectivity index (χ4n) is 1.75. The number of nitrogens with zero attached hydrogens (tertiary/aromatic N) is 4. The SMILES string of the molecule is C#CCCC1(N2C=NN=CN2)C=CC=NC1. The number of hydrogen-bond donors (Lipinski definition) is 1. The molecule has 0 aliphatic carbocycles. The first-order valence-corrected chi connectivity index (χ1v) is 5.09. The Hall–Kier alpha value is -2.09. The number of hydrazine groups is 1. The molecule has 2 heterocycles. The number of terminal acetylenes is 1. The molecule has 0 saturated carbocycles. The lowest BCUT2D eigenvalue weighted by Gasteiger charge is -2.40. The molecule has 2 aliphatic heterocycles. The maximum Gasteiger partial charge on any atom is 0.133 e. The molecular formula is C11H13N5. The summed E-state index contributed by atoms with van der Waals surface area (Å²) < 4.78 is 0. The predicted octanol–water partition coefficient (Wildman–Crippen LogP) is 0.571. The van der Waals surface area contributed by atoms with E-state index in [9.17, 15) is 0 Å². The van der Waals surface area contributed by atoms with E-state index in [-0.39, 0.29) is 5.54 Å². The number of nitrogens with one attached hydrogen (secondary N) is 1. The Morgan fingerprint density at radius 2 is 2.44 bits per heavy atom. The molecule has 1 atom stereocenters. The minimum absolute atomic E-state index is 0.239. The predicted molar refractivity (Wildman–Crippen MR) is 65.3 cm³/mol. The first kappa shape index (κ1) is 10.4. The molecule has 0 aromatic heterocycles. The monoisotopic (exact) mass is 215 g/mol. The molecule has 2 aliphatic rings. The zero-order valence-corrected chi connectivity index (χ0v) is 8.87. The van der Waals surface area contributed by atoms with Gasteiger partial charge in [0.2, 0.25) is 0 Å². The van der Waals surface area contributed by atoms with Crippen molar-refractivity contribution in [3.63, 3.8) is 0 Å². The van der Waals surface area contributed by atoms with Gasteiger partial charge in [0.15, 0.2) is 0 Å². The van der Waals surface area contributed by atoms with E-state index in [4.69, 9.17) is 6.42 Å². The van der Waals surface area contributed by atoms with Crippen molar-refractivity contribution in [1.29, 1.82) is 0 Å². The lowest BCUT2D eigenvalue weighted by atomic mass is 9.91. The third kappa shape index (κ3) is 1.96. The maximum absolute atomic E-state index is 5.32. The molecule has 5 nitrogen and oxygen atoms in total. The summed E-state index contributed by atoms with van der Waals surface area (Å²) in [7, 11) is 0. The number of aliphatic imine (C=N–C) groups is 1. The molecule has 0 radical (unpaired) electrons. The number of dihydropyridines is 1. The highest BCUT2D eigenvalue weighted by Crippen LogP contribution is 2.23. The molecule has 0 bridgehead atoms. The Morgan fingerprint density at radius 1 is 1.50 bits per heavy atom. The fraction of sp³-hybridized carbons (Fsp3) is 0.364. The quantitative estimate of drug-likeness (QED) is 0.700. The molecule has 1 unspecified atom stereocenters. The van der Waals surface area contributed by atoms with Crippen LogP contribution in [0.4, 0.5) is 0 Å². The minimum Gasteiger partial charge on any atom is -0.290 e. The summed E-state index contributed by atoms with van der Waals surface area (Å²) in [4.78, 5) is 4.29. The Morgan fingerprint density at radius 3 is 3.06 bits per heavy atom. The van der Waals surface area contributed by atoms with Crippen molar-refractivity contribution >= 4 is 18.9 Å². The second-order valence-electron chi connectivity index (χ2n) is 3.63. The molecule has 1 N–H and O–H groups in total. The molecule has 5 heteroatoms. The Labute approximate surface area is 94.6 Å². The molecule has 16 heavy (non-hydrogen) atoms. The average molecular weight is 215 g/mol. The molecule has 0 spiro atoms. The van der Waals surface area contributed by atoms with Crippen LogP contribution in [0.1, 0.15) is 12.8 Å². The summed E-state index contributed by atoms with van der Waals surface area (Å²) in [5, 5.41) is 9.47. The van der Waals surface area contributed by atoms with Crippen molar-refractivity contribution in [3.05, 3.63) is 12.2 Å². The maximum atomic E-state index is 5.32. The van der Waals surface area contributed by atoms with Gasteiger partial charge in [0.05, 0.1) is 6.54 Å². The van der Waals surface area contributed by atoms with Gasteiger partial charge in [0.1, 0.15) is 18.2 Å². The highest BCUT2D eigenvalue weighted by molar-refractivity contribution is 5.74. The number of hydrogen-bond acceptors (Lipinski definition) is 5. The second kappa shape index (κ2) is 4.62. The molecule has 0 saturated heterocycles. The van der Waals surface area contributed by atoms with E-state index in [0.717, 1.165) is 6.42 Å². The van der Waals surface area contributed by atoms with E-state index in [2.05, 4.69) is 32.6 Å². The standard InChI is InChI=1S/C11H13N5/c1-2-3-5-11(6-4-7-12-8-11)16-10-14-13-9-15-16/h1,4,6-7,9-10H,3,5,8H2,(H,13,15). The highest BCUT2D eigenvalue weighted by atomic mass is 15.6. The third-order valence-corrected chi connectivity index (χ3v) is 2.63. The molecular weight excluding hydrogens is 202 g/mol. The van der Waals surface area contributed by atoms with Crippen LogP contribution in [0.15, 0.2) is 27.3 Å². The molecule has 82 valence electrons. The van der Waals surface area contributed by atoms with Gasteiger partial charge in [0.25, 0.3) is 0 Å². The summed E-state index contributed by atoms with van der Waals surface area (Å²) in [6.45, 7) is 0.665. The number of allylic oxidation sites excluding steroid dienone is 1. The molecule has 2 rings (SSSR count). The number of rotatable bonds is 3. The highest BCUT2D eigenvalue weighted by Gasteiger charge is 2.34. The van der Waals surface area contributed by atoms with Crippen molar-refractivity contribution < 1.29 is 0 Å². The first-order valence-electron chi connectivity index (χ1n) is 5.09. The van der Waals surface area contributed by atoms with Gasteiger partial charge in [0, 0.05) is 12.6 Å². The van der Waals surface area contributed by atoms with E-state index < -0.39 is 0 Å². The van der Waals surface area contributed by atoms with Crippen LogP contribution in [0.3, 0.4) is 0 Å². The molecule has 0 fully saturated rings. The van der Waals surface area contributed by atoms with Crippen molar-refractivity contribution in [2.24, 2.45) is 15.2 Å². The second-order valence-corrected chi connectivity index (χ2v) is 3.63. The van der Waals surface area contributed by atoms with E-state index in [1.54, 1.807) is 18.9 Å². The van der Waals surface area contributed by atoms with E-state index in [1.807, 2.05) is 11.1 Å². The normalized spacial score (nSPS) is 26.6. The third-order valence-electron chi connectivity index (χ3n) is 2.63. The minimum atomic E-state index is -0.239. The summed E-state index contributed by atoms with van der Waals surface area (Å²) in [5.41, 5.74) is 2.80. The lowest BCUT2D eigenvalue weighted by molar-refractivity contribution is 0.197. The van der Waals surface area contributed by atoms with Crippen LogP contribution in [0.5, 0.6) is 0 Å². The van der Waals surface area contributed by atoms with Crippen LogP contribution in [0.2, 0.25) is 0 Å². The molecule has 0 aromatic carbocycles. The zero-order valence-electron chi connectivity index (χ0n) is 8.87. The van der Waals surface area contributed by atoms with Crippen LogP contribution in [-0.2, 0) is 0 Å². The Kier molecular flexibility index (Phi) is 3.01. The van der Waals surface area contributed by atoms with Crippen molar-refractivity contribution in [1.82, 2.24) is 10.4 Å². The van der Waals surface area contributed by atoms with Crippen molar-refractivity contribution in [3.8, 4) is 12.3 Å². The van der Waals surface area contributed by atoms with Gasteiger partial charge in [-0.3, -0.25) is 15.4 Å². The lowest BCUT2D eigenvalue weighted by Crippen LogP contribution is -2.56. The zero-order chi connectivity index (χ0) is 11.3. The van der Waals surface area contributed by atoms with Gasteiger partial charge in [-0.15, -0.1) is 22.5 Å². The summed E-state index contributed by atoms with van der Waals surface area (Å²) in [5.74, 6) is 2.66. The van der Waals surface area contributed by atoms with Gasteiger partial charge >= 0.3 is 0 Å². The van der Waals surface area contributed by atoms with Gasteiger partial charge in [-0.05, 0) is 12.5 Å². The van der Waals surface area contributed by atoms with Crippen LogP contribution >= 0.6 is 0 Å². The molecule has 0 aromatic rings. The van der Waals surface area contributed by atoms with Gasteiger partial charge in [-0.2, -0.15) is 0 Å². The van der Waals surface area contributed by atoms with Gasteiger partial charge < -0.3 is 0 Å². The summed E-state index contributed by atoms with van der Waals surface area (Å²) >= 11 is 0. The van der Waals surface area contributed by atoms with E-state index in [0.29, 0.717) is 13.0 Å².